The van der Waals surface area contributed by atoms with Crippen molar-refractivity contribution in [3.8, 4) is 0 Å². The lowest BCUT2D eigenvalue weighted by molar-refractivity contribution is 0.395. The van der Waals surface area contributed by atoms with Crippen LogP contribution in [0.15, 0.2) is 0 Å². The molecule has 0 aromatic rings. The van der Waals surface area contributed by atoms with Gasteiger partial charge in [-0.25, -0.2) is 12.7 Å². The summed E-state index contributed by atoms with van der Waals surface area (Å²) >= 11 is 0. The van der Waals surface area contributed by atoms with Crippen molar-refractivity contribution in [3.63, 3.8) is 0 Å². The van der Waals surface area contributed by atoms with Crippen LogP contribution in [-0.2, 0) is 10.0 Å². The molecule has 0 saturated carbocycles. The van der Waals surface area contributed by atoms with Crippen molar-refractivity contribution < 1.29 is 8.42 Å². The fourth-order valence-corrected chi connectivity index (χ4v) is 2.76. The predicted octanol–water partition coefficient (Wildman–Crippen LogP) is 0.763. The quantitative estimate of drug-likeness (QED) is 0.504. The number of hydrogen-bond donors (Lipinski definition) is 2. The molecule has 0 amide bonds. The maximum absolute atomic E-state index is 11.7. The van der Waals surface area contributed by atoms with Crippen LogP contribution >= 0.6 is 0 Å². The molecule has 0 bridgehead atoms. The van der Waals surface area contributed by atoms with Gasteiger partial charge >= 0.3 is 0 Å². The largest absolute Gasteiger partial charge is 0.388 e. The second-order valence-electron chi connectivity index (χ2n) is 3.76. The number of amidine groups is 1. The second kappa shape index (κ2) is 6.07. The average Bonchev–Trinajstić information content (AvgIpc) is 2.12. The summed E-state index contributed by atoms with van der Waals surface area (Å²) in [6.45, 7) is 3.71. The van der Waals surface area contributed by atoms with Crippen LogP contribution in [0.3, 0.4) is 0 Å². The summed E-state index contributed by atoms with van der Waals surface area (Å²) in [5.74, 6) is 0.183. The highest BCUT2D eigenvalue weighted by molar-refractivity contribution is 7.89. The number of sulfonamides is 1. The van der Waals surface area contributed by atoms with E-state index in [-0.39, 0.29) is 24.1 Å². The number of rotatable bonds is 7. The van der Waals surface area contributed by atoms with E-state index < -0.39 is 10.0 Å². The van der Waals surface area contributed by atoms with Crippen molar-refractivity contribution in [3.05, 3.63) is 0 Å². The van der Waals surface area contributed by atoms with E-state index in [2.05, 4.69) is 0 Å². The van der Waals surface area contributed by atoms with Gasteiger partial charge < -0.3 is 5.73 Å². The van der Waals surface area contributed by atoms with Crippen LogP contribution in [-0.4, -0.2) is 37.4 Å². The molecule has 0 spiro atoms. The third-order valence-electron chi connectivity index (χ3n) is 2.33. The van der Waals surface area contributed by atoms with Crippen LogP contribution in [0.2, 0.25) is 0 Å². The summed E-state index contributed by atoms with van der Waals surface area (Å²) in [5.41, 5.74) is 5.24. The Balaban J connectivity index is 4.40. The summed E-state index contributed by atoms with van der Waals surface area (Å²) in [7, 11) is -1.65. The summed E-state index contributed by atoms with van der Waals surface area (Å²) in [5, 5.41) is 7.12. The molecular formula is C9H21N3O2S. The van der Waals surface area contributed by atoms with Crippen molar-refractivity contribution in [2.45, 2.75) is 39.2 Å². The Morgan fingerprint density at radius 3 is 2.47 bits per heavy atom. The van der Waals surface area contributed by atoms with Gasteiger partial charge in [-0.3, -0.25) is 5.41 Å². The van der Waals surface area contributed by atoms with Gasteiger partial charge in [0.2, 0.25) is 10.0 Å². The van der Waals surface area contributed by atoms with E-state index in [0.717, 1.165) is 6.42 Å². The summed E-state index contributed by atoms with van der Waals surface area (Å²) < 4.78 is 24.8. The zero-order valence-electron chi connectivity index (χ0n) is 9.66. The van der Waals surface area contributed by atoms with Crippen LogP contribution < -0.4 is 5.73 Å². The third-order valence-corrected chi connectivity index (χ3v) is 4.37. The van der Waals surface area contributed by atoms with Crippen LogP contribution in [0, 0.1) is 5.41 Å². The van der Waals surface area contributed by atoms with E-state index in [9.17, 15) is 8.42 Å². The standard InChI is InChI=1S/C9H21N3O2S/c1-4-5-6-15(13,14)12(3)8(2)7-9(10)11/h8H,4-7H2,1-3H3,(H3,10,11). The lowest BCUT2D eigenvalue weighted by atomic mass is 10.2. The van der Waals surface area contributed by atoms with Gasteiger partial charge in [0.25, 0.3) is 0 Å². The first-order valence-corrected chi connectivity index (χ1v) is 6.70. The topological polar surface area (TPSA) is 87.2 Å². The van der Waals surface area contributed by atoms with Gasteiger partial charge in [-0.1, -0.05) is 13.3 Å². The summed E-state index contributed by atoms with van der Waals surface area (Å²) in [6, 6.07) is -0.246. The summed E-state index contributed by atoms with van der Waals surface area (Å²) in [6.07, 6.45) is 1.80. The van der Waals surface area contributed by atoms with E-state index in [1.54, 1.807) is 14.0 Å². The van der Waals surface area contributed by atoms with E-state index in [1.807, 2.05) is 6.92 Å². The highest BCUT2D eigenvalue weighted by Crippen LogP contribution is 2.09. The number of nitrogens with one attached hydrogen (secondary N) is 1. The van der Waals surface area contributed by atoms with Crippen molar-refractivity contribution in [2.24, 2.45) is 5.73 Å². The average molecular weight is 235 g/mol. The Bertz CT molecular complexity index is 300. The van der Waals surface area contributed by atoms with Gasteiger partial charge in [0.05, 0.1) is 11.6 Å². The zero-order valence-corrected chi connectivity index (χ0v) is 10.5. The molecule has 0 fully saturated rings. The molecule has 6 heteroatoms. The molecule has 0 rings (SSSR count). The van der Waals surface area contributed by atoms with Gasteiger partial charge in [-0.15, -0.1) is 0 Å². The number of nitrogens with two attached hydrogens (primary N) is 1. The van der Waals surface area contributed by atoms with Crippen molar-refractivity contribution in [2.75, 3.05) is 12.8 Å². The van der Waals surface area contributed by atoms with Gasteiger partial charge in [0.15, 0.2) is 0 Å². The Labute approximate surface area is 92.2 Å². The first-order valence-electron chi connectivity index (χ1n) is 5.09. The molecule has 0 saturated heterocycles. The molecular weight excluding hydrogens is 214 g/mol. The minimum absolute atomic E-state index is 0.0139. The first kappa shape index (κ1) is 14.4. The Morgan fingerprint density at radius 1 is 1.53 bits per heavy atom. The molecule has 1 unspecified atom stereocenters. The van der Waals surface area contributed by atoms with Crippen molar-refractivity contribution >= 4 is 15.9 Å². The highest BCUT2D eigenvalue weighted by atomic mass is 32.2. The van der Waals surface area contributed by atoms with Gasteiger partial charge in [0, 0.05) is 19.5 Å². The SMILES string of the molecule is CCCCS(=O)(=O)N(C)C(C)CC(=N)N. The van der Waals surface area contributed by atoms with Crippen LogP contribution in [0.25, 0.3) is 0 Å². The fourth-order valence-electron chi connectivity index (χ4n) is 1.19. The molecule has 0 radical (unpaired) electrons. The molecule has 0 aromatic carbocycles. The molecule has 0 aliphatic heterocycles. The first-order chi connectivity index (χ1) is 6.81. The minimum Gasteiger partial charge on any atom is -0.388 e. The monoisotopic (exact) mass is 235 g/mol. The van der Waals surface area contributed by atoms with Crippen molar-refractivity contribution in [1.82, 2.24) is 4.31 Å². The zero-order chi connectivity index (χ0) is 12.1. The van der Waals surface area contributed by atoms with E-state index in [0.29, 0.717) is 6.42 Å². The smallest absolute Gasteiger partial charge is 0.214 e. The normalized spacial score (nSPS) is 14.1. The minimum atomic E-state index is -3.19. The molecule has 0 aliphatic rings. The molecule has 0 aromatic heterocycles. The Hall–Kier alpha value is -0.620. The highest BCUT2D eigenvalue weighted by Gasteiger charge is 2.22. The van der Waals surface area contributed by atoms with Crippen LogP contribution in [0.4, 0.5) is 0 Å². The number of hydrogen-bond acceptors (Lipinski definition) is 3. The Kier molecular flexibility index (Phi) is 5.82. The molecule has 1 atom stereocenters. The second-order valence-corrected chi connectivity index (χ2v) is 5.91. The van der Waals surface area contributed by atoms with Gasteiger partial charge in [-0.2, -0.15) is 0 Å². The molecule has 90 valence electrons. The molecule has 5 nitrogen and oxygen atoms in total. The molecule has 0 aliphatic carbocycles. The molecule has 15 heavy (non-hydrogen) atoms. The maximum Gasteiger partial charge on any atom is 0.214 e. The predicted molar refractivity (Wildman–Crippen MR) is 62.5 cm³/mol. The third kappa shape index (κ3) is 5.13. The van der Waals surface area contributed by atoms with Crippen LogP contribution in [0.5, 0.6) is 0 Å². The van der Waals surface area contributed by atoms with E-state index >= 15 is 0 Å². The lowest BCUT2D eigenvalue weighted by Crippen LogP contribution is -2.38. The number of nitrogens with zero attached hydrogens (tertiary/aromatic N) is 1. The van der Waals surface area contributed by atoms with Crippen LogP contribution in [0.1, 0.15) is 33.1 Å². The van der Waals surface area contributed by atoms with Gasteiger partial charge in [-0.05, 0) is 13.3 Å². The fraction of sp³-hybridized carbons (Fsp3) is 0.889. The summed E-state index contributed by atoms with van der Waals surface area (Å²) in [4.78, 5) is 0. The maximum atomic E-state index is 11.7. The lowest BCUT2D eigenvalue weighted by Gasteiger charge is -2.23. The molecule has 3 N–H and O–H groups in total. The van der Waals surface area contributed by atoms with E-state index in [4.69, 9.17) is 11.1 Å². The number of unbranched alkanes of at least 4 members (excludes halogenated alkanes) is 1. The van der Waals surface area contributed by atoms with E-state index in [1.165, 1.54) is 4.31 Å². The Morgan fingerprint density at radius 2 is 2.07 bits per heavy atom. The van der Waals surface area contributed by atoms with Gasteiger partial charge in [0.1, 0.15) is 0 Å². The van der Waals surface area contributed by atoms with Crippen molar-refractivity contribution in [1.29, 1.82) is 5.41 Å². The molecule has 0 heterocycles.